The molecular weight excluding hydrogens is 780 g/mol. The second kappa shape index (κ2) is 29.7. The molecule has 5 N–H and O–H groups in total. The fourth-order valence-corrected chi connectivity index (χ4v) is 6.49. The number of aliphatic carboxylic acids is 2. The van der Waals surface area contributed by atoms with Crippen molar-refractivity contribution in [3.63, 3.8) is 0 Å². The highest BCUT2D eigenvalue weighted by Gasteiger charge is 2.21. The zero-order chi connectivity index (χ0) is 32.1. The number of amides is 2. The van der Waals surface area contributed by atoms with Crippen molar-refractivity contribution in [3.8, 4) is 0 Å². The molecule has 12 heteroatoms. The minimum atomic E-state index is -1.13. The first-order valence-corrected chi connectivity index (χ1v) is 18.4. The van der Waals surface area contributed by atoms with Gasteiger partial charge in [-0.1, -0.05) is 89.9 Å². The fraction of sp³-hybridized carbons (Fsp3) is 0.839. The van der Waals surface area contributed by atoms with Gasteiger partial charge in [0.15, 0.2) is 0 Å². The molecule has 0 aliphatic carbocycles. The highest BCUT2D eigenvalue weighted by molar-refractivity contribution is 14.1. The first kappa shape index (κ1) is 42.0. The van der Waals surface area contributed by atoms with Gasteiger partial charge in [0.25, 0.3) is 0 Å². The van der Waals surface area contributed by atoms with E-state index in [1.54, 1.807) is 22.6 Å². The van der Waals surface area contributed by atoms with Crippen molar-refractivity contribution in [3.05, 3.63) is 0 Å². The predicted octanol–water partition coefficient (Wildman–Crippen LogP) is 7.00. The molecule has 43 heavy (non-hydrogen) atoms. The Balaban J connectivity index is 3.68. The van der Waals surface area contributed by atoms with Gasteiger partial charge in [0.2, 0.25) is 15.6 Å². The Morgan fingerprint density at radius 3 is 1.42 bits per heavy atom. The molecule has 0 aliphatic heterocycles. The van der Waals surface area contributed by atoms with E-state index in [0.29, 0.717) is 25.8 Å². The van der Waals surface area contributed by atoms with Crippen molar-refractivity contribution < 1.29 is 34.2 Å². The molecule has 0 spiro atoms. The molecule has 0 unspecified atom stereocenters. The Morgan fingerprint density at radius 2 is 1.00 bits per heavy atom. The minimum Gasteiger partial charge on any atom is -0.481 e. The van der Waals surface area contributed by atoms with E-state index in [0.717, 1.165) is 57.8 Å². The molecule has 0 aliphatic rings. The maximum absolute atomic E-state index is 12.2. The van der Waals surface area contributed by atoms with Gasteiger partial charge in [-0.15, -0.1) is 0 Å². The summed E-state index contributed by atoms with van der Waals surface area (Å²) in [5, 5.41) is 23.4. The lowest BCUT2D eigenvalue weighted by atomic mass is 10.0. The number of carboxylic acid groups (broad SMARTS) is 2. The Hall–Kier alpha value is -1.03. The Bertz CT molecular complexity index is 786. The molecule has 10 nitrogen and oxygen atoms in total. The fourth-order valence-electron chi connectivity index (χ4n) is 4.84. The van der Waals surface area contributed by atoms with Crippen LogP contribution in [0.15, 0.2) is 0 Å². The first-order valence-electron chi connectivity index (χ1n) is 16.2. The molecule has 0 heterocycles. The second-order valence-corrected chi connectivity index (χ2v) is 13.0. The van der Waals surface area contributed by atoms with Gasteiger partial charge in [0, 0.05) is 71.3 Å². The van der Waals surface area contributed by atoms with Crippen LogP contribution in [-0.4, -0.2) is 56.4 Å². The van der Waals surface area contributed by atoms with Gasteiger partial charge in [-0.2, -0.15) is 0 Å². The summed E-state index contributed by atoms with van der Waals surface area (Å²) in [6.07, 6.45) is 21.1. The van der Waals surface area contributed by atoms with Gasteiger partial charge in [-0.05, 0) is 38.5 Å². The van der Waals surface area contributed by atoms with E-state index < -0.39 is 18.0 Å². The highest BCUT2D eigenvalue weighted by atomic mass is 127. The third kappa shape index (κ3) is 28.2. The van der Waals surface area contributed by atoms with Crippen LogP contribution < -0.4 is 14.2 Å². The van der Waals surface area contributed by atoms with Gasteiger partial charge >= 0.3 is 11.9 Å². The molecule has 0 fully saturated rings. The summed E-state index contributed by atoms with van der Waals surface area (Å²) >= 11 is 3.73. The average molecular weight is 836 g/mol. The van der Waals surface area contributed by atoms with Gasteiger partial charge < -0.3 is 20.8 Å². The lowest BCUT2D eigenvalue weighted by Gasteiger charge is -2.14. The summed E-state index contributed by atoms with van der Waals surface area (Å²) in [6.45, 7) is 0.466. The van der Waals surface area contributed by atoms with E-state index >= 15 is 0 Å². The maximum Gasteiger partial charge on any atom is 0.326 e. The first-order chi connectivity index (χ1) is 20.7. The zero-order valence-electron chi connectivity index (χ0n) is 25.8. The van der Waals surface area contributed by atoms with Crippen LogP contribution >= 0.6 is 45.5 Å². The second-order valence-electron chi connectivity index (χ2n) is 11.4. The lowest BCUT2D eigenvalue weighted by Crippen LogP contribution is -2.41. The highest BCUT2D eigenvalue weighted by Crippen LogP contribution is 2.14. The Labute approximate surface area is 286 Å². The van der Waals surface area contributed by atoms with Crippen molar-refractivity contribution >= 4 is 73.0 Å². The molecule has 0 aromatic heterocycles. The van der Waals surface area contributed by atoms with Crippen molar-refractivity contribution in [2.24, 2.45) is 0 Å². The maximum atomic E-state index is 12.2. The van der Waals surface area contributed by atoms with Crippen LogP contribution in [0.5, 0.6) is 0 Å². The number of unbranched alkanes of at least 4 members (excludes halogenated alkanes) is 16. The largest absolute Gasteiger partial charge is 0.481 e. The van der Waals surface area contributed by atoms with Crippen LogP contribution in [0.3, 0.4) is 0 Å². The molecule has 2 atom stereocenters. The topological polar surface area (TPSA) is 162 Å². The lowest BCUT2D eigenvalue weighted by molar-refractivity contribution is -0.142. The monoisotopic (exact) mass is 835 g/mol. The van der Waals surface area contributed by atoms with Crippen molar-refractivity contribution in [2.45, 2.75) is 160 Å². The SMILES string of the molecule is O=C(O)CCCCCCCCCCCCCCCCCCC(=O)N[C@@H](CCC(=O)NCCCC[C@H](NI)C(=O)I)C(=O)O. The number of nitrogens with one attached hydrogen (secondary N) is 3. The zero-order valence-corrected chi connectivity index (χ0v) is 30.1. The Kier molecular flexibility index (Phi) is 29.0. The molecular formula is C31H55I2N3O7. The summed E-state index contributed by atoms with van der Waals surface area (Å²) in [5.74, 6) is -2.35. The van der Waals surface area contributed by atoms with Crippen molar-refractivity contribution in [1.29, 1.82) is 0 Å². The van der Waals surface area contributed by atoms with Gasteiger partial charge in [0.05, 0.1) is 6.04 Å². The number of halogens is 2. The molecule has 0 rings (SSSR count). The van der Waals surface area contributed by atoms with E-state index in [2.05, 4.69) is 14.2 Å². The molecule has 250 valence electrons. The summed E-state index contributed by atoms with van der Waals surface area (Å²) in [4.78, 5) is 57.7. The van der Waals surface area contributed by atoms with E-state index in [-0.39, 0.29) is 34.5 Å². The normalized spacial score (nSPS) is 12.4. The number of rotatable bonds is 31. The molecule has 0 saturated carbocycles. The van der Waals surface area contributed by atoms with Crippen molar-refractivity contribution in [2.75, 3.05) is 6.54 Å². The predicted molar refractivity (Wildman–Crippen MR) is 186 cm³/mol. The average Bonchev–Trinajstić information content (AvgIpc) is 2.95. The number of carboxylic acids is 2. The number of carbonyl (C=O) groups is 5. The smallest absolute Gasteiger partial charge is 0.326 e. The van der Waals surface area contributed by atoms with Crippen molar-refractivity contribution in [1.82, 2.24) is 14.2 Å². The summed E-state index contributed by atoms with van der Waals surface area (Å²) in [5.41, 5.74) is 0. The van der Waals surface area contributed by atoms with Crippen LogP contribution in [0.4, 0.5) is 0 Å². The molecule has 2 amide bonds. The molecule has 0 aromatic rings. The van der Waals surface area contributed by atoms with Crippen LogP contribution in [-0.2, 0) is 24.0 Å². The van der Waals surface area contributed by atoms with Gasteiger partial charge in [-0.3, -0.25) is 19.2 Å². The van der Waals surface area contributed by atoms with Crippen LogP contribution in [0.1, 0.15) is 148 Å². The van der Waals surface area contributed by atoms with Crippen LogP contribution in [0, 0.1) is 0 Å². The van der Waals surface area contributed by atoms with E-state index in [1.807, 2.05) is 22.9 Å². The van der Waals surface area contributed by atoms with E-state index in [1.165, 1.54) is 57.8 Å². The van der Waals surface area contributed by atoms with E-state index in [4.69, 9.17) is 5.11 Å². The van der Waals surface area contributed by atoms with Crippen LogP contribution in [0.25, 0.3) is 0 Å². The third-order valence-corrected chi connectivity index (χ3v) is 8.99. The standard InChI is InChI=1S/C31H55I2N3O7/c32-30(41)25(36-33)19-17-18-24-34-27(37)23-22-26(31(42)43)35-28(38)20-15-13-11-9-7-5-3-1-2-4-6-8-10-12-14-16-21-29(39)40/h25-26,36H,1-24H2,(H,34,37)(H,35,38)(H,39,40)(H,42,43)/t25-,26-/m0/s1. The molecule has 0 bridgehead atoms. The molecule has 0 saturated heterocycles. The summed E-state index contributed by atoms with van der Waals surface area (Å²) < 4.78 is 2.98. The summed E-state index contributed by atoms with van der Waals surface area (Å²) in [6, 6.07) is -1.26. The molecule has 0 radical (unpaired) electrons. The van der Waals surface area contributed by atoms with Crippen LogP contribution in [0.2, 0.25) is 0 Å². The van der Waals surface area contributed by atoms with E-state index in [9.17, 15) is 29.1 Å². The number of carbonyl (C=O) groups excluding carboxylic acids is 3. The third-order valence-electron chi connectivity index (χ3n) is 7.49. The Morgan fingerprint density at radius 1 is 0.535 bits per heavy atom. The quantitative estimate of drug-likeness (QED) is 0.0216. The number of hydrogen-bond acceptors (Lipinski definition) is 6. The van der Waals surface area contributed by atoms with Gasteiger partial charge in [0.1, 0.15) is 6.04 Å². The number of hydrogen-bond donors (Lipinski definition) is 5. The minimum absolute atomic E-state index is 0.0268. The molecule has 0 aromatic carbocycles. The van der Waals surface area contributed by atoms with Gasteiger partial charge in [-0.25, -0.2) is 8.32 Å². The summed E-state index contributed by atoms with van der Waals surface area (Å²) in [7, 11) is 0.